The van der Waals surface area contributed by atoms with Gasteiger partial charge in [0, 0.05) is 20.1 Å². The Morgan fingerprint density at radius 2 is 2.16 bits per heavy atom. The molecule has 98 valence electrons. The Bertz CT molecular complexity index is 635. The predicted molar refractivity (Wildman–Crippen MR) is 67.4 cm³/mol. The first-order valence-corrected chi connectivity index (χ1v) is 6.04. The van der Waals surface area contributed by atoms with E-state index in [-0.39, 0.29) is 0 Å². The van der Waals surface area contributed by atoms with Crippen LogP contribution in [-0.2, 0) is 26.7 Å². The lowest BCUT2D eigenvalue weighted by Gasteiger charge is -2.13. The Labute approximate surface area is 110 Å². The Kier molecular flexibility index (Phi) is 2.79. The number of nitrogens with zero attached hydrogens (tertiary/aromatic N) is 4. The summed E-state index contributed by atoms with van der Waals surface area (Å²) in [6, 6.07) is 5.32. The molecule has 1 aliphatic rings. The molecule has 0 amide bonds. The van der Waals surface area contributed by atoms with E-state index in [0.29, 0.717) is 12.1 Å². The zero-order chi connectivity index (χ0) is 13.4. The van der Waals surface area contributed by atoms with Gasteiger partial charge in [0.2, 0.25) is 0 Å². The Morgan fingerprint density at radius 1 is 1.37 bits per heavy atom. The zero-order valence-electron chi connectivity index (χ0n) is 10.6. The lowest BCUT2D eigenvalue weighted by molar-refractivity contribution is 0.0696. The molecule has 2 heterocycles. The SMILES string of the molecule is Cn1ncnc1CN1Cc2ccc(C(=O)O)cc2C1. The number of hydrogen-bond donors (Lipinski definition) is 1. The Balaban J connectivity index is 1.77. The van der Waals surface area contributed by atoms with Crippen molar-refractivity contribution in [3.63, 3.8) is 0 Å². The zero-order valence-corrected chi connectivity index (χ0v) is 10.6. The second-order valence-electron chi connectivity index (χ2n) is 4.73. The molecular formula is C13H14N4O2. The average molecular weight is 258 g/mol. The fraction of sp³-hybridized carbons (Fsp3) is 0.308. The number of hydrogen-bond acceptors (Lipinski definition) is 4. The van der Waals surface area contributed by atoms with Crippen molar-refractivity contribution in [2.24, 2.45) is 7.05 Å². The van der Waals surface area contributed by atoms with Gasteiger partial charge in [-0.2, -0.15) is 5.10 Å². The molecule has 0 saturated heterocycles. The second kappa shape index (κ2) is 4.47. The molecule has 0 bridgehead atoms. The van der Waals surface area contributed by atoms with Crippen LogP contribution < -0.4 is 0 Å². The molecule has 19 heavy (non-hydrogen) atoms. The van der Waals surface area contributed by atoms with Gasteiger partial charge in [0.15, 0.2) is 0 Å². The summed E-state index contributed by atoms with van der Waals surface area (Å²) in [7, 11) is 1.87. The van der Waals surface area contributed by atoms with Gasteiger partial charge in [-0.05, 0) is 23.3 Å². The highest BCUT2D eigenvalue weighted by molar-refractivity contribution is 5.87. The lowest BCUT2D eigenvalue weighted by atomic mass is 10.1. The van der Waals surface area contributed by atoms with E-state index >= 15 is 0 Å². The minimum atomic E-state index is -0.880. The molecule has 0 unspecified atom stereocenters. The van der Waals surface area contributed by atoms with Crippen molar-refractivity contribution in [1.82, 2.24) is 19.7 Å². The highest BCUT2D eigenvalue weighted by Crippen LogP contribution is 2.24. The molecule has 0 saturated carbocycles. The van der Waals surface area contributed by atoms with Crippen molar-refractivity contribution in [2.45, 2.75) is 19.6 Å². The average Bonchev–Trinajstić information content (AvgIpc) is 2.95. The van der Waals surface area contributed by atoms with Crippen LogP contribution in [0.4, 0.5) is 0 Å². The lowest BCUT2D eigenvalue weighted by Crippen LogP contribution is -2.18. The van der Waals surface area contributed by atoms with E-state index in [0.717, 1.165) is 24.5 Å². The standard InChI is InChI=1S/C13H14N4O2/c1-16-12(14-8-15-16)7-17-5-10-3-2-9(13(18)19)4-11(10)6-17/h2-4,8H,5-7H2,1H3,(H,18,19). The molecular weight excluding hydrogens is 244 g/mol. The summed E-state index contributed by atoms with van der Waals surface area (Å²) >= 11 is 0. The molecule has 0 spiro atoms. The second-order valence-corrected chi connectivity index (χ2v) is 4.73. The minimum Gasteiger partial charge on any atom is -0.478 e. The van der Waals surface area contributed by atoms with Gasteiger partial charge >= 0.3 is 5.97 Å². The van der Waals surface area contributed by atoms with Gasteiger partial charge in [0.1, 0.15) is 12.2 Å². The molecule has 0 aliphatic carbocycles. The molecule has 1 aromatic heterocycles. The van der Waals surface area contributed by atoms with Crippen LogP contribution in [0, 0.1) is 0 Å². The molecule has 3 rings (SSSR count). The van der Waals surface area contributed by atoms with Gasteiger partial charge < -0.3 is 5.11 Å². The topological polar surface area (TPSA) is 71.2 Å². The molecule has 0 radical (unpaired) electrons. The summed E-state index contributed by atoms with van der Waals surface area (Å²) in [5, 5.41) is 13.0. The van der Waals surface area contributed by atoms with Gasteiger partial charge in [0.25, 0.3) is 0 Å². The largest absolute Gasteiger partial charge is 0.478 e. The van der Waals surface area contributed by atoms with Crippen molar-refractivity contribution < 1.29 is 9.90 Å². The fourth-order valence-electron chi connectivity index (χ4n) is 2.37. The maximum absolute atomic E-state index is 10.9. The number of fused-ring (bicyclic) bond motifs is 1. The van der Waals surface area contributed by atoms with Gasteiger partial charge in [-0.15, -0.1) is 0 Å². The van der Waals surface area contributed by atoms with Crippen molar-refractivity contribution >= 4 is 5.97 Å². The summed E-state index contributed by atoms with van der Waals surface area (Å²) < 4.78 is 1.76. The molecule has 6 heteroatoms. The van der Waals surface area contributed by atoms with Crippen molar-refractivity contribution in [3.05, 3.63) is 47.0 Å². The normalized spacial score (nSPS) is 14.6. The first-order valence-electron chi connectivity index (χ1n) is 6.04. The fourth-order valence-corrected chi connectivity index (χ4v) is 2.37. The summed E-state index contributed by atoms with van der Waals surface area (Å²) in [5.74, 6) is 0.0285. The van der Waals surface area contributed by atoms with E-state index in [1.165, 1.54) is 5.56 Å². The van der Waals surface area contributed by atoms with E-state index < -0.39 is 5.97 Å². The van der Waals surface area contributed by atoms with Crippen LogP contribution >= 0.6 is 0 Å². The van der Waals surface area contributed by atoms with Crippen molar-refractivity contribution in [1.29, 1.82) is 0 Å². The summed E-state index contributed by atoms with van der Waals surface area (Å²) in [6.07, 6.45) is 1.54. The number of aromatic carboxylic acids is 1. The Morgan fingerprint density at radius 3 is 2.84 bits per heavy atom. The van der Waals surface area contributed by atoms with Crippen LogP contribution in [-0.4, -0.2) is 30.7 Å². The molecule has 1 aromatic carbocycles. The highest BCUT2D eigenvalue weighted by Gasteiger charge is 2.21. The van der Waals surface area contributed by atoms with Crippen LogP contribution in [0.2, 0.25) is 0 Å². The van der Waals surface area contributed by atoms with Gasteiger partial charge in [-0.3, -0.25) is 9.58 Å². The van der Waals surface area contributed by atoms with E-state index in [4.69, 9.17) is 5.11 Å². The number of aryl methyl sites for hydroxylation is 1. The van der Waals surface area contributed by atoms with Crippen LogP contribution in [0.25, 0.3) is 0 Å². The monoisotopic (exact) mass is 258 g/mol. The molecule has 1 N–H and O–H groups in total. The van der Waals surface area contributed by atoms with E-state index in [1.807, 2.05) is 13.1 Å². The van der Waals surface area contributed by atoms with Crippen molar-refractivity contribution in [3.8, 4) is 0 Å². The Hall–Kier alpha value is -2.21. The van der Waals surface area contributed by atoms with Crippen molar-refractivity contribution in [2.75, 3.05) is 0 Å². The smallest absolute Gasteiger partial charge is 0.335 e. The summed E-state index contributed by atoms with van der Waals surface area (Å²) in [6.45, 7) is 2.29. The maximum Gasteiger partial charge on any atom is 0.335 e. The first-order chi connectivity index (χ1) is 9.13. The highest BCUT2D eigenvalue weighted by atomic mass is 16.4. The molecule has 0 fully saturated rings. The van der Waals surface area contributed by atoms with Crippen LogP contribution in [0.5, 0.6) is 0 Å². The number of benzene rings is 1. The van der Waals surface area contributed by atoms with E-state index in [1.54, 1.807) is 23.1 Å². The number of rotatable bonds is 3. The summed E-state index contributed by atoms with van der Waals surface area (Å²) in [4.78, 5) is 17.4. The molecule has 6 nitrogen and oxygen atoms in total. The number of carboxylic acid groups (broad SMARTS) is 1. The third-order valence-electron chi connectivity index (χ3n) is 3.41. The van der Waals surface area contributed by atoms with E-state index in [2.05, 4.69) is 15.0 Å². The van der Waals surface area contributed by atoms with Gasteiger partial charge in [0.05, 0.1) is 12.1 Å². The third kappa shape index (κ3) is 2.22. The number of aromatic nitrogens is 3. The van der Waals surface area contributed by atoms with Crippen LogP contribution in [0.15, 0.2) is 24.5 Å². The summed E-state index contributed by atoms with van der Waals surface area (Å²) in [5.41, 5.74) is 2.62. The predicted octanol–water partition coefficient (Wildman–Crippen LogP) is 1.03. The van der Waals surface area contributed by atoms with Gasteiger partial charge in [-0.1, -0.05) is 6.07 Å². The van der Waals surface area contributed by atoms with E-state index in [9.17, 15) is 4.79 Å². The molecule has 2 aromatic rings. The minimum absolute atomic E-state index is 0.347. The maximum atomic E-state index is 10.9. The van der Waals surface area contributed by atoms with Crippen LogP contribution in [0.3, 0.4) is 0 Å². The quantitative estimate of drug-likeness (QED) is 0.890. The van der Waals surface area contributed by atoms with Gasteiger partial charge in [-0.25, -0.2) is 9.78 Å². The third-order valence-corrected chi connectivity index (χ3v) is 3.41. The molecule has 1 aliphatic heterocycles. The molecule has 0 atom stereocenters. The first kappa shape index (κ1) is 11.9. The number of carboxylic acids is 1. The van der Waals surface area contributed by atoms with Crippen LogP contribution in [0.1, 0.15) is 27.3 Å². The number of carbonyl (C=O) groups is 1.